The van der Waals surface area contributed by atoms with Crippen LogP contribution in [0.1, 0.15) is 47.0 Å². The summed E-state index contributed by atoms with van der Waals surface area (Å²) in [6, 6.07) is 6.51. The average molecular weight is 302 g/mol. The highest BCUT2D eigenvalue weighted by Gasteiger charge is 2.14. The Hall–Kier alpha value is -1.68. The number of hydrogen-bond acceptors (Lipinski definition) is 3. The van der Waals surface area contributed by atoms with Gasteiger partial charge in [0.1, 0.15) is 0 Å². The molecule has 0 unspecified atom stereocenters. The van der Waals surface area contributed by atoms with Crippen molar-refractivity contribution in [3.05, 3.63) is 36.8 Å². The zero-order valence-electron chi connectivity index (χ0n) is 14.4. The van der Waals surface area contributed by atoms with E-state index in [0.717, 1.165) is 24.3 Å². The lowest BCUT2D eigenvalue weighted by Gasteiger charge is -2.09. The average Bonchev–Trinajstić information content (AvgIpc) is 3.23. The molecule has 0 bridgehead atoms. The summed E-state index contributed by atoms with van der Waals surface area (Å²) < 4.78 is 2.01. The van der Waals surface area contributed by atoms with Gasteiger partial charge in [-0.05, 0) is 31.5 Å². The zero-order chi connectivity index (χ0) is 16.2. The van der Waals surface area contributed by atoms with Crippen LogP contribution in [-0.4, -0.2) is 27.4 Å². The Morgan fingerprint density at radius 1 is 1.27 bits per heavy atom. The molecule has 122 valence electrons. The monoisotopic (exact) mass is 302 g/mol. The van der Waals surface area contributed by atoms with Crippen LogP contribution in [0.4, 0.5) is 0 Å². The molecular weight excluding hydrogens is 272 g/mol. The van der Waals surface area contributed by atoms with Gasteiger partial charge in [0, 0.05) is 24.0 Å². The van der Waals surface area contributed by atoms with Crippen LogP contribution in [0.5, 0.6) is 0 Å². The van der Waals surface area contributed by atoms with E-state index in [1.165, 1.54) is 19.3 Å². The third-order valence-electron chi connectivity index (χ3n) is 3.16. The normalized spacial score (nSPS) is 16.3. The maximum atomic E-state index is 4.39. The van der Waals surface area contributed by atoms with Crippen molar-refractivity contribution in [2.45, 2.75) is 59.5 Å². The molecule has 0 spiro atoms. The van der Waals surface area contributed by atoms with Crippen LogP contribution in [0.2, 0.25) is 0 Å². The summed E-state index contributed by atoms with van der Waals surface area (Å²) in [7, 11) is 0. The van der Waals surface area contributed by atoms with Gasteiger partial charge >= 0.3 is 0 Å². The maximum absolute atomic E-state index is 4.39. The second-order valence-electron chi connectivity index (χ2n) is 5.17. The van der Waals surface area contributed by atoms with Gasteiger partial charge in [0.2, 0.25) is 0 Å². The van der Waals surface area contributed by atoms with Crippen molar-refractivity contribution >= 4 is 0 Å². The van der Waals surface area contributed by atoms with Gasteiger partial charge in [-0.3, -0.25) is 9.67 Å². The van der Waals surface area contributed by atoms with E-state index < -0.39 is 0 Å². The number of rotatable bonds is 3. The standard InChI is InChI=1S/C13H16N4.C3H8.C2H6/c1-2-6-15-13(5-1)11-8-16-17(9-11)10-12-4-3-7-14-12;1-3-2;1-2/h1-2,5-6,8-9,12,14H,3-4,7,10H2;3H2,1-2H3;1-2H3/t12-;;/m0../s1. The Balaban J connectivity index is 0.000000435. The second kappa shape index (κ2) is 11.0. The first-order valence-electron chi connectivity index (χ1n) is 8.50. The minimum absolute atomic E-state index is 0.575. The SMILES string of the molecule is CC.CCC.c1ccc(-c2cnn(C[C@@H]3CCCN3)c2)nc1. The van der Waals surface area contributed by atoms with Crippen LogP contribution < -0.4 is 5.32 Å². The summed E-state index contributed by atoms with van der Waals surface area (Å²) in [5, 5.41) is 7.87. The fourth-order valence-corrected chi connectivity index (χ4v) is 2.27. The van der Waals surface area contributed by atoms with Crippen molar-refractivity contribution in [3.8, 4) is 11.3 Å². The van der Waals surface area contributed by atoms with Crippen LogP contribution >= 0.6 is 0 Å². The van der Waals surface area contributed by atoms with Crippen molar-refractivity contribution in [2.24, 2.45) is 0 Å². The molecule has 2 aromatic heterocycles. The third kappa shape index (κ3) is 5.98. The van der Waals surface area contributed by atoms with Gasteiger partial charge in [0.05, 0.1) is 18.4 Å². The Morgan fingerprint density at radius 2 is 2.05 bits per heavy atom. The van der Waals surface area contributed by atoms with Crippen LogP contribution in [0.25, 0.3) is 11.3 Å². The van der Waals surface area contributed by atoms with E-state index in [2.05, 4.69) is 35.4 Å². The quantitative estimate of drug-likeness (QED) is 0.926. The molecule has 1 aliphatic heterocycles. The minimum atomic E-state index is 0.575. The van der Waals surface area contributed by atoms with E-state index in [1.807, 2.05) is 49.1 Å². The number of nitrogens with zero attached hydrogens (tertiary/aromatic N) is 3. The third-order valence-corrected chi connectivity index (χ3v) is 3.16. The van der Waals surface area contributed by atoms with Crippen LogP contribution in [0, 0.1) is 0 Å². The molecule has 1 N–H and O–H groups in total. The molecule has 22 heavy (non-hydrogen) atoms. The van der Waals surface area contributed by atoms with Gasteiger partial charge in [-0.15, -0.1) is 0 Å². The molecule has 0 radical (unpaired) electrons. The molecule has 2 aromatic rings. The zero-order valence-corrected chi connectivity index (χ0v) is 14.4. The molecule has 4 nitrogen and oxygen atoms in total. The van der Waals surface area contributed by atoms with Crippen LogP contribution in [0.15, 0.2) is 36.8 Å². The Kier molecular flexibility index (Phi) is 9.15. The molecule has 0 amide bonds. The first-order chi connectivity index (χ1) is 10.8. The van der Waals surface area contributed by atoms with Crippen LogP contribution in [0.3, 0.4) is 0 Å². The van der Waals surface area contributed by atoms with Crippen LogP contribution in [-0.2, 0) is 6.54 Å². The predicted octanol–water partition coefficient (Wildman–Crippen LogP) is 4.14. The van der Waals surface area contributed by atoms with Gasteiger partial charge in [-0.1, -0.05) is 40.2 Å². The molecule has 1 saturated heterocycles. The van der Waals surface area contributed by atoms with Gasteiger partial charge in [-0.2, -0.15) is 5.10 Å². The lowest BCUT2D eigenvalue weighted by molar-refractivity contribution is 0.476. The van der Waals surface area contributed by atoms with Crippen molar-refractivity contribution < 1.29 is 0 Å². The Bertz CT molecular complexity index is 487. The van der Waals surface area contributed by atoms with E-state index in [-0.39, 0.29) is 0 Å². The first-order valence-corrected chi connectivity index (χ1v) is 8.50. The van der Waals surface area contributed by atoms with E-state index in [1.54, 1.807) is 0 Å². The van der Waals surface area contributed by atoms with E-state index >= 15 is 0 Å². The predicted molar refractivity (Wildman–Crippen MR) is 93.8 cm³/mol. The lowest BCUT2D eigenvalue weighted by Crippen LogP contribution is -2.26. The number of nitrogens with one attached hydrogen (secondary N) is 1. The summed E-state index contributed by atoms with van der Waals surface area (Å²) in [5.41, 5.74) is 2.07. The summed E-state index contributed by atoms with van der Waals surface area (Å²) in [5.74, 6) is 0. The number of hydrogen-bond donors (Lipinski definition) is 1. The highest BCUT2D eigenvalue weighted by atomic mass is 15.3. The van der Waals surface area contributed by atoms with Crippen molar-refractivity contribution in [1.82, 2.24) is 20.1 Å². The lowest BCUT2D eigenvalue weighted by atomic mass is 10.2. The molecule has 3 heterocycles. The topological polar surface area (TPSA) is 42.7 Å². The summed E-state index contributed by atoms with van der Waals surface area (Å²) in [6.45, 7) is 10.3. The van der Waals surface area contributed by atoms with Gasteiger partial charge in [-0.25, -0.2) is 0 Å². The van der Waals surface area contributed by atoms with Crippen molar-refractivity contribution in [2.75, 3.05) is 6.54 Å². The molecule has 1 aliphatic rings. The van der Waals surface area contributed by atoms with Gasteiger partial charge in [0.15, 0.2) is 0 Å². The van der Waals surface area contributed by atoms with Gasteiger partial charge in [0.25, 0.3) is 0 Å². The molecule has 3 rings (SSSR count). The Morgan fingerprint density at radius 3 is 2.64 bits per heavy atom. The van der Waals surface area contributed by atoms with Crippen molar-refractivity contribution in [1.29, 1.82) is 0 Å². The Labute approximate surface area is 135 Å². The molecule has 1 atom stereocenters. The first kappa shape index (κ1) is 18.4. The van der Waals surface area contributed by atoms with E-state index in [4.69, 9.17) is 0 Å². The van der Waals surface area contributed by atoms with E-state index in [9.17, 15) is 0 Å². The number of aromatic nitrogens is 3. The molecule has 4 heteroatoms. The second-order valence-corrected chi connectivity index (χ2v) is 5.17. The maximum Gasteiger partial charge on any atom is 0.0733 e. The number of pyridine rings is 1. The molecule has 0 aliphatic carbocycles. The summed E-state index contributed by atoms with van der Waals surface area (Å²) in [4.78, 5) is 4.33. The van der Waals surface area contributed by atoms with Gasteiger partial charge < -0.3 is 5.32 Å². The minimum Gasteiger partial charge on any atom is -0.312 e. The largest absolute Gasteiger partial charge is 0.312 e. The highest BCUT2D eigenvalue weighted by Crippen LogP contribution is 2.15. The summed E-state index contributed by atoms with van der Waals surface area (Å²) in [6.07, 6.45) is 9.54. The molecule has 0 aromatic carbocycles. The van der Waals surface area contributed by atoms with E-state index in [0.29, 0.717) is 6.04 Å². The fourth-order valence-electron chi connectivity index (χ4n) is 2.27. The summed E-state index contributed by atoms with van der Waals surface area (Å²) >= 11 is 0. The smallest absolute Gasteiger partial charge is 0.0733 e. The molecule has 1 fully saturated rings. The van der Waals surface area contributed by atoms with Crippen molar-refractivity contribution in [3.63, 3.8) is 0 Å². The molecular formula is C18H30N4. The fraction of sp³-hybridized carbons (Fsp3) is 0.556. The molecule has 0 saturated carbocycles. The highest BCUT2D eigenvalue weighted by molar-refractivity contribution is 5.56.